The highest BCUT2D eigenvalue weighted by molar-refractivity contribution is 5.92. The fourth-order valence-corrected chi connectivity index (χ4v) is 2.52. The first-order chi connectivity index (χ1) is 11.7. The molecule has 0 aromatic heterocycles. The standard InChI is InChI=1S/C22H23NO/c1-3-4-7-12-19(2)22(24)23(17-20-13-8-5-9-14-20)18-21-15-10-6-11-16-21/h1,5-6,8-16H,4,7,17-18H2,2H3/b19-12+. The summed E-state index contributed by atoms with van der Waals surface area (Å²) in [7, 11) is 0. The van der Waals surface area contributed by atoms with Crippen molar-refractivity contribution < 1.29 is 4.79 Å². The molecule has 0 atom stereocenters. The minimum atomic E-state index is 0.0553. The van der Waals surface area contributed by atoms with Gasteiger partial charge in [-0.05, 0) is 24.5 Å². The van der Waals surface area contributed by atoms with Crippen molar-refractivity contribution in [2.24, 2.45) is 0 Å². The van der Waals surface area contributed by atoms with Gasteiger partial charge < -0.3 is 4.90 Å². The summed E-state index contributed by atoms with van der Waals surface area (Å²) in [6, 6.07) is 20.1. The van der Waals surface area contributed by atoms with E-state index in [1.807, 2.05) is 78.6 Å². The lowest BCUT2D eigenvalue weighted by atomic mass is 10.1. The minimum Gasteiger partial charge on any atom is -0.330 e. The molecule has 2 rings (SSSR count). The van der Waals surface area contributed by atoms with Gasteiger partial charge >= 0.3 is 0 Å². The predicted molar refractivity (Wildman–Crippen MR) is 99.0 cm³/mol. The summed E-state index contributed by atoms with van der Waals surface area (Å²) in [6.07, 6.45) is 8.61. The van der Waals surface area contributed by atoms with E-state index in [-0.39, 0.29) is 5.91 Å². The molecule has 0 aliphatic rings. The molecular weight excluding hydrogens is 294 g/mol. The number of allylic oxidation sites excluding steroid dienone is 1. The highest BCUT2D eigenvalue weighted by atomic mass is 16.2. The molecule has 24 heavy (non-hydrogen) atoms. The SMILES string of the molecule is C#CCC/C=C(\C)C(=O)N(Cc1ccccc1)Cc1ccccc1. The number of nitrogens with zero attached hydrogens (tertiary/aromatic N) is 1. The monoisotopic (exact) mass is 317 g/mol. The van der Waals surface area contributed by atoms with E-state index >= 15 is 0 Å². The molecule has 0 fully saturated rings. The largest absolute Gasteiger partial charge is 0.330 e. The average Bonchev–Trinajstić information content (AvgIpc) is 2.62. The molecule has 2 nitrogen and oxygen atoms in total. The van der Waals surface area contributed by atoms with Crippen molar-refractivity contribution in [3.05, 3.63) is 83.4 Å². The van der Waals surface area contributed by atoms with Crippen molar-refractivity contribution in [1.29, 1.82) is 0 Å². The van der Waals surface area contributed by atoms with Crippen LogP contribution in [0.15, 0.2) is 72.3 Å². The third kappa shape index (κ3) is 5.44. The second kappa shape index (κ2) is 9.37. The number of carbonyl (C=O) groups excluding carboxylic acids is 1. The van der Waals surface area contributed by atoms with Crippen LogP contribution in [0.4, 0.5) is 0 Å². The molecular formula is C22H23NO. The first-order valence-corrected chi connectivity index (χ1v) is 8.18. The molecule has 0 heterocycles. The van der Waals surface area contributed by atoms with E-state index in [1.165, 1.54) is 0 Å². The maximum Gasteiger partial charge on any atom is 0.249 e. The number of rotatable bonds is 7. The van der Waals surface area contributed by atoms with E-state index < -0.39 is 0 Å². The third-order valence-electron chi connectivity index (χ3n) is 3.80. The van der Waals surface area contributed by atoms with Crippen LogP contribution < -0.4 is 0 Å². The molecule has 2 aromatic carbocycles. The topological polar surface area (TPSA) is 20.3 Å². The first-order valence-electron chi connectivity index (χ1n) is 8.18. The third-order valence-corrected chi connectivity index (χ3v) is 3.80. The fraction of sp³-hybridized carbons (Fsp3) is 0.227. The average molecular weight is 317 g/mol. The molecule has 0 saturated carbocycles. The van der Waals surface area contributed by atoms with E-state index in [4.69, 9.17) is 6.42 Å². The summed E-state index contributed by atoms with van der Waals surface area (Å²) in [6.45, 7) is 3.05. The molecule has 0 N–H and O–H groups in total. The Morgan fingerprint density at radius 3 is 1.96 bits per heavy atom. The van der Waals surface area contributed by atoms with Gasteiger partial charge in [-0.15, -0.1) is 12.3 Å². The summed E-state index contributed by atoms with van der Waals surface area (Å²) in [4.78, 5) is 14.7. The molecule has 1 amide bonds. The lowest BCUT2D eigenvalue weighted by Crippen LogP contribution is -2.30. The van der Waals surface area contributed by atoms with Gasteiger partial charge in [-0.1, -0.05) is 66.7 Å². The van der Waals surface area contributed by atoms with Crippen molar-refractivity contribution in [1.82, 2.24) is 4.90 Å². The van der Waals surface area contributed by atoms with E-state index in [0.717, 1.165) is 23.1 Å². The van der Waals surface area contributed by atoms with Gasteiger partial charge in [0.15, 0.2) is 0 Å². The van der Waals surface area contributed by atoms with Crippen LogP contribution in [0.3, 0.4) is 0 Å². The number of unbranched alkanes of at least 4 members (excludes halogenated alkanes) is 1. The van der Waals surface area contributed by atoms with E-state index in [1.54, 1.807) is 0 Å². The smallest absolute Gasteiger partial charge is 0.249 e. The van der Waals surface area contributed by atoms with Crippen molar-refractivity contribution >= 4 is 5.91 Å². The Kier molecular flexibility index (Phi) is 6.86. The zero-order valence-corrected chi connectivity index (χ0v) is 14.1. The van der Waals surface area contributed by atoms with E-state index in [0.29, 0.717) is 19.5 Å². The summed E-state index contributed by atoms with van der Waals surface area (Å²) in [5, 5.41) is 0. The summed E-state index contributed by atoms with van der Waals surface area (Å²) in [5.74, 6) is 2.66. The molecule has 0 bridgehead atoms. The number of benzene rings is 2. The zero-order chi connectivity index (χ0) is 17.2. The van der Waals surface area contributed by atoms with Crippen LogP contribution in [0.1, 0.15) is 30.9 Å². The van der Waals surface area contributed by atoms with Crippen molar-refractivity contribution in [3.8, 4) is 12.3 Å². The normalized spacial score (nSPS) is 10.9. The lowest BCUT2D eigenvalue weighted by molar-refractivity contribution is -0.128. The van der Waals surface area contributed by atoms with Gasteiger partial charge in [0.25, 0.3) is 0 Å². The number of hydrogen-bond acceptors (Lipinski definition) is 1. The van der Waals surface area contributed by atoms with Crippen molar-refractivity contribution in [2.45, 2.75) is 32.9 Å². The molecule has 0 unspecified atom stereocenters. The second-order valence-corrected chi connectivity index (χ2v) is 5.76. The quantitative estimate of drug-likeness (QED) is 0.416. The number of amides is 1. The first kappa shape index (κ1) is 17.6. The van der Waals surface area contributed by atoms with Crippen LogP contribution in [0.5, 0.6) is 0 Å². The Balaban J connectivity index is 2.16. The molecule has 2 heteroatoms. The van der Waals surface area contributed by atoms with Crippen LogP contribution in [-0.2, 0) is 17.9 Å². The molecule has 122 valence electrons. The number of hydrogen-bond donors (Lipinski definition) is 0. The Labute approximate surface area is 144 Å². The molecule has 0 aliphatic heterocycles. The summed E-state index contributed by atoms with van der Waals surface area (Å²) < 4.78 is 0. The summed E-state index contributed by atoms with van der Waals surface area (Å²) >= 11 is 0. The van der Waals surface area contributed by atoms with Gasteiger partial charge in [-0.2, -0.15) is 0 Å². The second-order valence-electron chi connectivity index (χ2n) is 5.76. The maximum absolute atomic E-state index is 12.9. The molecule has 0 spiro atoms. The van der Waals surface area contributed by atoms with Crippen molar-refractivity contribution in [2.75, 3.05) is 0 Å². The van der Waals surface area contributed by atoms with Gasteiger partial charge in [-0.3, -0.25) is 4.79 Å². The van der Waals surface area contributed by atoms with Gasteiger partial charge in [0.1, 0.15) is 0 Å². The number of carbonyl (C=O) groups is 1. The zero-order valence-electron chi connectivity index (χ0n) is 14.1. The van der Waals surface area contributed by atoms with Crippen LogP contribution in [0.2, 0.25) is 0 Å². The van der Waals surface area contributed by atoms with E-state index in [2.05, 4.69) is 5.92 Å². The van der Waals surface area contributed by atoms with Gasteiger partial charge in [0.2, 0.25) is 5.91 Å². The Morgan fingerprint density at radius 2 is 1.50 bits per heavy atom. The lowest BCUT2D eigenvalue weighted by Gasteiger charge is -2.23. The highest BCUT2D eigenvalue weighted by Crippen LogP contribution is 2.14. The molecule has 0 aliphatic carbocycles. The number of terminal acetylenes is 1. The summed E-state index contributed by atoms with van der Waals surface area (Å²) in [5.41, 5.74) is 2.99. The Hall–Kier alpha value is -2.79. The van der Waals surface area contributed by atoms with Crippen molar-refractivity contribution in [3.63, 3.8) is 0 Å². The van der Waals surface area contributed by atoms with Gasteiger partial charge in [0, 0.05) is 25.1 Å². The molecule has 0 saturated heterocycles. The maximum atomic E-state index is 12.9. The van der Waals surface area contributed by atoms with Crippen LogP contribution in [0.25, 0.3) is 0 Å². The Bertz CT molecular complexity index is 669. The van der Waals surface area contributed by atoms with Gasteiger partial charge in [0.05, 0.1) is 0 Å². The highest BCUT2D eigenvalue weighted by Gasteiger charge is 2.16. The minimum absolute atomic E-state index is 0.0553. The molecule has 2 aromatic rings. The van der Waals surface area contributed by atoms with Crippen LogP contribution in [-0.4, -0.2) is 10.8 Å². The van der Waals surface area contributed by atoms with E-state index in [9.17, 15) is 4.79 Å². The van der Waals surface area contributed by atoms with Crippen LogP contribution in [0, 0.1) is 12.3 Å². The fourth-order valence-electron chi connectivity index (χ4n) is 2.52. The Morgan fingerprint density at radius 1 is 1.00 bits per heavy atom. The predicted octanol–water partition coefficient (Wildman–Crippen LogP) is 4.58. The van der Waals surface area contributed by atoms with Crippen LogP contribution >= 0.6 is 0 Å². The molecule has 0 radical (unpaired) electrons. The van der Waals surface area contributed by atoms with Gasteiger partial charge in [-0.25, -0.2) is 0 Å².